The molecule has 1 aliphatic carbocycles. The predicted octanol–water partition coefficient (Wildman–Crippen LogP) is 3.59. The van der Waals surface area contributed by atoms with E-state index in [9.17, 15) is 9.59 Å². The molecule has 3 aliphatic rings. The Labute approximate surface area is 212 Å². The minimum atomic E-state index is -0.0485. The maximum absolute atomic E-state index is 13.3. The first-order chi connectivity index (χ1) is 17.1. The first kappa shape index (κ1) is 24.1. The molecule has 0 atom stereocenters. The summed E-state index contributed by atoms with van der Waals surface area (Å²) in [7, 11) is 0. The molecule has 3 fully saturated rings. The lowest BCUT2D eigenvalue weighted by Crippen LogP contribution is -2.56. The van der Waals surface area contributed by atoms with Crippen molar-refractivity contribution >= 4 is 23.4 Å². The molecule has 1 saturated carbocycles. The maximum Gasteiger partial charge on any atom is 0.257 e. The summed E-state index contributed by atoms with van der Waals surface area (Å²) in [6, 6.07) is 15.2. The van der Waals surface area contributed by atoms with Crippen LogP contribution in [0.15, 0.2) is 48.5 Å². The largest absolute Gasteiger partial charge is 0.457 e. The van der Waals surface area contributed by atoms with Crippen LogP contribution in [0.25, 0.3) is 0 Å². The van der Waals surface area contributed by atoms with Gasteiger partial charge < -0.3 is 14.5 Å². The van der Waals surface area contributed by atoms with Gasteiger partial charge in [0.05, 0.1) is 12.1 Å². The van der Waals surface area contributed by atoms with E-state index < -0.39 is 0 Å². The number of ether oxygens (including phenoxy) is 1. The molecule has 0 aromatic heterocycles. The molecule has 2 amide bonds. The molecular weight excluding hydrogens is 464 g/mol. The number of piperazine rings is 2. The summed E-state index contributed by atoms with van der Waals surface area (Å²) < 4.78 is 5.98. The van der Waals surface area contributed by atoms with E-state index >= 15 is 0 Å². The Bertz CT molecular complexity index is 1030. The van der Waals surface area contributed by atoms with Crippen LogP contribution < -0.4 is 4.74 Å². The van der Waals surface area contributed by atoms with Crippen molar-refractivity contribution in [3.63, 3.8) is 0 Å². The highest BCUT2D eigenvalue weighted by atomic mass is 35.5. The molecule has 0 unspecified atom stereocenters. The van der Waals surface area contributed by atoms with E-state index in [1.807, 2.05) is 28.0 Å². The molecule has 35 heavy (non-hydrogen) atoms. The van der Waals surface area contributed by atoms with Crippen LogP contribution in [0, 0.1) is 0 Å². The van der Waals surface area contributed by atoms with Gasteiger partial charge >= 0.3 is 0 Å². The molecule has 0 spiro atoms. The summed E-state index contributed by atoms with van der Waals surface area (Å²) in [6.45, 7) is 6.66. The first-order valence-electron chi connectivity index (χ1n) is 12.6. The Morgan fingerprint density at radius 2 is 1.49 bits per heavy atom. The topological polar surface area (TPSA) is 56.3 Å². The van der Waals surface area contributed by atoms with Crippen LogP contribution in [-0.2, 0) is 4.79 Å². The quantitative estimate of drug-likeness (QED) is 0.611. The monoisotopic (exact) mass is 496 g/mol. The van der Waals surface area contributed by atoms with Gasteiger partial charge in [0.25, 0.3) is 5.91 Å². The average Bonchev–Trinajstić information content (AvgIpc) is 2.85. The van der Waals surface area contributed by atoms with Gasteiger partial charge in [0.2, 0.25) is 5.91 Å². The van der Waals surface area contributed by atoms with E-state index in [1.54, 1.807) is 30.3 Å². The normalized spacial score (nSPS) is 19.9. The van der Waals surface area contributed by atoms with E-state index in [0.29, 0.717) is 54.8 Å². The number of benzene rings is 2. The summed E-state index contributed by atoms with van der Waals surface area (Å²) in [4.78, 5) is 34.7. The highest BCUT2D eigenvalue weighted by Gasteiger charge is 2.31. The van der Waals surface area contributed by atoms with Gasteiger partial charge in [0, 0.05) is 63.4 Å². The van der Waals surface area contributed by atoms with Crippen LogP contribution in [0.5, 0.6) is 11.5 Å². The van der Waals surface area contributed by atoms with Crippen molar-refractivity contribution in [1.82, 2.24) is 19.6 Å². The fraction of sp³-hybridized carbons (Fsp3) is 0.481. The Morgan fingerprint density at radius 3 is 2.14 bits per heavy atom. The SMILES string of the molecule is O=C(CN1CCN(C(=O)c2ccccc2Oc2ccc(Cl)cc2)CC1)N1CCN(C2CCC2)CC1. The van der Waals surface area contributed by atoms with Crippen molar-refractivity contribution in [3.05, 3.63) is 59.1 Å². The second-order valence-corrected chi connectivity index (χ2v) is 10.1. The van der Waals surface area contributed by atoms with Crippen LogP contribution in [0.4, 0.5) is 0 Å². The number of carbonyl (C=O) groups is 2. The average molecular weight is 497 g/mol. The number of carbonyl (C=O) groups excluding carboxylic acids is 2. The molecule has 2 aromatic carbocycles. The van der Waals surface area contributed by atoms with Crippen molar-refractivity contribution in [2.45, 2.75) is 25.3 Å². The maximum atomic E-state index is 13.3. The van der Waals surface area contributed by atoms with Gasteiger partial charge in [-0.2, -0.15) is 0 Å². The molecule has 8 heteroatoms. The van der Waals surface area contributed by atoms with Crippen LogP contribution >= 0.6 is 11.6 Å². The van der Waals surface area contributed by atoms with Crippen LogP contribution in [0.2, 0.25) is 5.02 Å². The zero-order valence-electron chi connectivity index (χ0n) is 20.1. The number of para-hydroxylation sites is 1. The van der Waals surface area contributed by atoms with Gasteiger partial charge in [0.1, 0.15) is 11.5 Å². The minimum Gasteiger partial charge on any atom is -0.457 e. The molecule has 2 aliphatic heterocycles. The molecule has 5 rings (SSSR count). The van der Waals surface area contributed by atoms with Gasteiger partial charge in [0.15, 0.2) is 0 Å². The lowest BCUT2D eigenvalue weighted by molar-refractivity contribution is -0.135. The highest BCUT2D eigenvalue weighted by Crippen LogP contribution is 2.28. The van der Waals surface area contributed by atoms with Crippen molar-refractivity contribution in [2.24, 2.45) is 0 Å². The molecule has 0 radical (unpaired) electrons. The van der Waals surface area contributed by atoms with Crippen LogP contribution in [0.1, 0.15) is 29.6 Å². The van der Waals surface area contributed by atoms with Crippen LogP contribution in [-0.4, -0.2) is 96.4 Å². The molecular formula is C27H33ClN4O3. The standard InChI is InChI=1S/C27H33ClN4O3/c28-21-8-10-23(11-9-21)35-25-7-2-1-6-24(25)27(34)32-14-12-29(13-15-32)20-26(33)31-18-16-30(17-19-31)22-4-3-5-22/h1-2,6-11,22H,3-5,12-20H2. The van der Waals surface area contributed by atoms with E-state index in [-0.39, 0.29) is 11.8 Å². The number of amides is 2. The zero-order valence-corrected chi connectivity index (χ0v) is 20.8. The van der Waals surface area contributed by atoms with Crippen molar-refractivity contribution in [2.75, 3.05) is 58.9 Å². The summed E-state index contributed by atoms with van der Waals surface area (Å²) in [5.41, 5.74) is 0.538. The van der Waals surface area contributed by atoms with Gasteiger partial charge in [-0.3, -0.25) is 19.4 Å². The summed E-state index contributed by atoms with van der Waals surface area (Å²) in [6.07, 6.45) is 3.97. The highest BCUT2D eigenvalue weighted by molar-refractivity contribution is 6.30. The number of nitrogens with zero attached hydrogens (tertiary/aromatic N) is 4. The lowest BCUT2D eigenvalue weighted by Gasteiger charge is -2.43. The van der Waals surface area contributed by atoms with Crippen molar-refractivity contribution < 1.29 is 14.3 Å². The van der Waals surface area contributed by atoms with Gasteiger partial charge in [-0.1, -0.05) is 30.2 Å². The number of halogens is 1. The van der Waals surface area contributed by atoms with Crippen LogP contribution in [0.3, 0.4) is 0 Å². The van der Waals surface area contributed by atoms with E-state index in [4.69, 9.17) is 16.3 Å². The fourth-order valence-corrected chi connectivity index (χ4v) is 5.15. The number of hydrogen-bond acceptors (Lipinski definition) is 5. The lowest BCUT2D eigenvalue weighted by atomic mass is 9.91. The number of rotatable bonds is 6. The summed E-state index contributed by atoms with van der Waals surface area (Å²) >= 11 is 5.96. The molecule has 186 valence electrons. The molecule has 2 saturated heterocycles. The Balaban J connectivity index is 1.11. The Kier molecular flexibility index (Phi) is 7.56. The second-order valence-electron chi connectivity index (χ2n) is 9.62. The number of hydrogen-bond donors (Lipinski definition) is 0. The van der Waals surface area contributed by atoms with Gasteiger partial charge in [-0.15, -0.1) is 0 Å². The first-order valence-corrected chi connectivity index (χ1v) is 13.0. The van der Waals surface area contributed by atoms with Crippen molar-refractivity contribution in [1.29, 1.82) is 0 Å². The molecule has 0 bridgehead atoms. The van der Waals surface area contributed by atoms with E-state index in [1.165, 1.54) is 19.3 Å². The predicted molar refractivity (Wildman–Crippen MR) is 136 cm³/mol. The molecule has 7 nitrogen and oxygen atoms in total. The van der Waals surface area contributed by atoms with Crippen molar-refractivity contribution in [3.8, 4) is 11.5 Å². The Hall–Kier alpha value is -2.61. The summed E-state index contributed by atoms with van der Waals surface area (Å²) in [5, 5.41) is 0.633. The van der Waals surface area contributed by atoms with Gasteiger partial charge in [-0.25, -0.2) is 0 Å². The van der Waals surface area contributed by atoms with Gasteiger partial charge in [-0.05, 0) is 49.2 Å². The molecule has 2 heterocycles. The second kappa shape index (κ2) is 11.0. The fourth-order valence-electron chi connectivity index (χ4n) is 5.02. The third-order valence-electron chi connectivity index (χ3n) is 7.44. The molecule has 0 N–H and O–H groups in total. The third-order valence-corrected chi connectivity index (χ3v) is 7.69. The Morgan fingerprint density at radius 1 is 0.829 bits per heavy atom. The zero-order chi connectivity index (χ0) is 24.2. The van der Waals surface area contributed by atoms with E-state index in [2.05, 4.69) is 9.80 Å². The third kappa shape index (κ3) is 5.80. The van der Waals surface area contributed by atoms with E-state index in [0.717, 1.165) is 32.2 Å². The summed E-state index contributed by atoms with van der Waals surface area (Å²) in [5.74, 6) is 1.32. The molecule has 2 aromatic rings. The smallest absolute Gasteiger partial charge is 0.257 e. The minimum absolute atomic E-state index is 0.0485.